The zero-order chi connectivity index (χ0) is 18.2. The molecule has 2 N–H and O–H groups in total. The van der Waals surface area contributed by atoms with Crippen molar-refractivity contribution in [1.29, 1.82) is 0 Å². The van der Waals surface area contributed by atoms with Gasteiger partial charge in [0, 0.05) is 13.1 Å². The zero-order valence-corrected chi connectivity index (χ0v) is 14.5. The highest BCUT2D eigenvalue weighted by Gasteiger charge is 2.15. The Hall–Kier alpha value is -3.02. The summed E-state index contributed by atoms with van der Waals surface area (Å²) in [6.45, 7) is 0.956. The number of aryl methyl sites for hydroxylation is 1. The van der Waals surface area contributed by atoms with Crippen molar-refractivity contribution < 1.29 is 19.1 Å². The molecule has 0 atom stereocenters. The van der Waals surface area contributed by atoms with E-state index in [2.05, 4.69) is 22.8 Å². The third kappa shape index (κ3) is 4.99. The molecule has 2 aromatic carbocycles. The van der Waals surface area contributed by atoms with Gasteiger partial charge in [0.15, 0.2) is 11.5 Å². The van der Waals surface area contributed by atoms with Crippen molar-refractivity contribution >= 4 is 11.8 Å². The van der Waals surface area contributed by atoms with Crippen molar-refractivity contribution in [3.63, 3.8) is 0 Å². The zero-order valence-electron chi connectivity index (χ0n) is 14.5. The van der Waals surface area contributed by atoms with Crippen LogP contribution >= 0.6 is 0 Å². The van der Waals surface area contributed by atoms with Gasteiger partial charge in [-0.15, -0.1) is 0 Å². The maximum Gasteiger partial charge on any atom is 0.309 e. The van der Waals surface area contributed by atoms with Gasteiger partial charge in [0.1, 0.15) is 0 Å². The van der Waals surface area contributed by atoms with Crippen LogP contribution in [0, 0.1) is 0 Å². The fourth-order valence-electron chi connectivity index (χ4n) is 2.69. The van der Waals surface area contributed by atoms with Crippen LogP contribution in [0.15, 0.2) is 48.5 Å². The van der Waals surface area contributed by atoms with Crippen LogP contribution in [-0.4, -0.2) is 25.2 Å². The third-order valence-corrected chi connectivity index (χ3v) is 4.12. The van der Waals surface area contributed by atoms with Crippen LogP contribution in [0.25, 0.3) is 0 Å². The molecular weight excluding hydrogens is 332 g/mol. The number of hydrogen-bond acceptors (Lipinski definition) is 4. The highest BCUT2D eigenvalue weighted by Crippen LogP contribution is 2.32. The number of carbonyl (C=O) groups is 2. The van der Waals surface area contributed by atoms with Crippen molar-refractivity contribution in [3.8, 4) is 11.5 Å². The second-order valence-electron chi connectivity index (χ2n) is 6.07. The Labute approximate surface area is 152 Å². The lowest BCUT2D eigenvalue weighted by molar-refractivity contribution is -0.139. The van der Waals surface area contributed by atoms with Crippen molar-refractivity contribution in [2.75, 3.05) is 13.3 Å². The first-order valence-electron chi connectivity index (χ1n) is 8.71. The Kier molecular flexibility index (Phi) is 6.09. The molecule has 3 rings (SSSR count). The average molecular weight is 354 g/mol. The summed E-state index contributed by atoms with van der Waals surface area (Å²) in [6.07, 6.45) is 2.76. The third-order valence-electron chi connectivity index (χ3n) is 4.12. The number of ether oxygens (including phenoxy) is 2. The molecular formula is C20H22N2O4. The number of hydrogen-bond donors (Lipinski definition) is 2. The summed E-state index contributed by atoms with van der Waals surface area (Å²) in [5.41, 5.74) is 2.12. The molecule has 0 bridgehead atoms. The van der Waals surface area contributed by atoms with Crippen LogP contribution < -0.4 is 20.1 Å². The lowest BCUT2D eigenvalue weighted by atomic mass is 10.1. The molecule has 2 aromatic rings. The maximum atomic E-state index is 11.9. The Morgan fingerprint density at radius 1 is 0.846 bits per heavy atom. The van der Waals surface area contributed by atoms with Crippen molar-refractivity contribution in [1.82, 2.24) is 10.6 Å². The van der Waals surface area contributed by atoms with Crippen LogP contribution in [0.1, 0.15) is 24.0 Å². The number of fused-ring (bicyclic) bond motifs is 1. The Balaban J connectivity index is 1.32. The van der Waals surface area contributed by atoms with Gasteiger partial charge in [-0.3, -0.25) is 9.59 Å². The van der Waals surface area contributed by atoms with Gasteiger partial charge in [-0.1, -0.05) is 36.4 Å². The number of nitrogens with one attached hydrogen (secondary N) is 2. The number of benzene rings is 2. The first-order chi connectivity index (χ1) is 12.7. The lowest BCUT2D eigenvalue weighted by Crippen LogP contribution is -2.39. The molecule has 0 fully saturated rings. The van der Waals surface area contributed by atoms with E-state index in [0.29, 0.717) is 18.0 Å². The van der Waals surface area contributed by atoms with Gasteiger partial charge in [0.25, 0.3) is 0 Å². The lowest BCUT2D eigenvalue weighted by Gasteiger charge is -2.07. The summed E-state index contributed by atoms with van der Waals surface area (Å²) >= 11 is 0. The van der Waals surface area contributed by atoms with Crippen molar-refractivity contribution in [2.24, 2.45) is 0 Å². The number of carbonyl (C=O) groups excluding carboxylic acids is 2. The SMILES string of the molecule is O=C(NCCCCc1ccccc1)C(=O)NCc1ccc2c(c1)OCO2. The van der Waals surface area contributed by atoms with E-state index in [0.717, 1.165) is 24.8 Å². The summed E-state index contributed by atoms with van der Waals surface area (Å²) in [7, 11) is 0. The summed E-state index contributed by atoms with van der Waals surface area (Å²) in [5, 5.41) is 5.26. The van der Waals surface area contributed by atoms with Crippen LogP contribution in [0.3, 0.4) is 0 Å². The largest absolute Gasteiger partial charge is 0.454 e. The summed E-state index contributed by atoms with van der Waals surface area (Å²) in [5.74, 6) is 0.101. The molecule has 1 aliphatic heterocycles. The second-order valence-corrected chi connectivity index (χ2v) is 6.07. The molecule has 0 unspecified atom stereocenters. The van der Waals surface area contributed by atoms with Crippen LogP contribution in [0.5, 0.6) is 11.5 Å². The van der Waals surface area contributed by atoms with E-state index in [9.17, 15) is 9.59 Å². The van der Waals surface area contributed by atoms with Crippen molar-refractivity contribution in [2.45, 2.75) is 25.8 Å². The molecule has 136 valence electrons. The van der Waals surface area contributed by atoms with Crippen LogP contribution in [0.4, 0.5) is 0 Å². The molecule has 2 amide bonds. The standard InChI is InChI=1S/C20H22N2O4/c23-19(21-11-5-4-8-15-6-2-1-3-7-15)20(24)22-13-16-9-10-17-18(12-16)26-14-25-17/h1-3,6-7,9-10,12H,4-5,8,11,13-14H2,(H,21,23)(H,22,24). The molecule has 26 heavy (non-hydrogen) atoms. The molecule has 0 saturated carbocycles. The minimum Gasteiger partial charge on any atom is -0.454 e. The number of rotatable bonds is 7. The normalized spacial score (nSPS) is 11.8. The quantitative estimate of drug-likeness (QED) is 0.590. The van der Waals surface area contributed by atoms with Gasteiger partial charge < -0.3 is 20.1 Å². The first kappa shape index (κ1) is 17.8. The first-order valence-corrected chi connectivity index (χ1v) is 8.71. The number of amides is 2. The van der Waals surface area contributed by atoms with Gasteiger partial charge in [0.2, 0.25) is 6.79 Å². The van der Waals surface area contributed by atoms with E-state index >= 15 is 0 Å². The highest BCUT2D eigenvalue weighted by atomic mass is 16.7. The smallest absolute Gasteiger partial charge is 0.309 e. The summed E-state index contributed by atoms with van der Waals surface area (Å²) < 4.78 is 10.5. The predicted molar refractivity (Wildman–Crippen MR) is 96.8 cm³/mol. The van der Waals surface area contributed by atoms with Crippen molar-refractivity contribution in [3.05, 3.63) is 59.7 Å². The summed E-state index contributed by atoms with van der Waals surface area (Å²) in [4.78, 5) is 23.7. The second kappa shape index (κ2) is 8.89. The van der Waals surface area contributed by atoms with Gasteiger partial charge in [-0.05, 0) is 42.5 Å². The van der Waals surface area contributed by atoms with Gasteiger partial charge >= 0.3 is 11.8 Å². The highest BCUT2D eigenvalue weighted by molar-refractivity contribution is 6.35. The molecule has 0 aromatic heterocycles. The molecule has 0 radical (unpaired) electrons. The average Bonchev–Trinajstić information content (AvgIpc) is 3.14. The topological polar surface area (TPSA) is 76.7 Å². The Bertz CT molecular complexity index is 762. The molecule has 0 spiro atoms. The van der Waals surface area contributed by atoms with Crippen LogP contribution in [-0.2, 0) is 22.6 Å². The molecule has 1 heterocycles. The fourth-order valence-corrected chi connectivity index (χ4v) is 2.69. The van der Waals surface area contributed by atoms with E-state index in [4.69, 9.17) is 9.47 Å². The molecule has 1 aliphatic rings. The Morgan fingerprint density at radius 3 is 2.46 bits per heavy atom. The summed E-state index contributed by atoms with van der Waals surface area (Å²) in [6, 6.07) is 15.6. The Morgan fingerprint density at radius 2 is 1.62 bits per heavy atom. The molecule has 6 nitrogen and oxygen atoms in total. The van der Waals surface area contributed by atoms with E-state index in [-0.39, 0.29) is 13.3 Å². The van der Waals surface area contributed by atoms with Gasteiger partial charge in [0.05, 0.1) is 0 Å². The molecule has 6 heteroatoms. The van der Waals surface area contributed by atoms with E-state index in [1.165, 1.54) is 5.56 Å². The minimum atomic E-state index is -0.634. The fraction of sp³-hybridized carbons (Fsp3) is 0.300. The van der Waals surface area contributed by atoms with E-state index in [1.54, 1.807) is 12.1 Å². The number of unbranched alkanes of at least 4 members (excludes halogenated alkanes) is 1. The van der Waals surface area contributed by atoms with E-state index < -0.39 is 11.8 Å². The predicted octanol–water partition coefficient (Wildman–Crippen LogP) is 2.17. The maximum absolute atomic E-state index is 11.9. The minimum absolute atomic E-state index is 0.206. The molecule has 0 aliphatic carbocycles. The van der Waals surface area contributed by atoms with Gasteiger partial charge in [-0.2, -0.15) is 0 Å². The van der Waals surface area contributed by atoms with Gasteiger partial charge in [-0.25, -0.2) is 0 Å². The van der Waals surface area contributed by atoms with E-state index in [1.807, 2.05) is 24.3 Å². The van der Waals surface area contributed by atoms with Crippen LogP contribution in [0.2, 0.25) is 0 Å². The molecule has 0 saturated heterocycles. The monoisotopic (exact) mass is 354 g/mol.